The summed E-state index contributed by atoms with van der Waals surface area (Å²) in [6.07, 6.45) is 1.14. The van der Waals surface area contributed by atoms with E-state index >= 15 is 0 Å². The van der Waals surface area contributed by atoms with E-state index in [1.807, 2.05) is 0 Å². The molecule has 1 aromatic heterocycles. The SMILES string of the molecule is CCOC(=O)c1cc2ccc(S(C)(=O)=O)cc2[nH]1. The van der Waals surface area contributed by atoms with E-state index in [-0.39, 0.29) is 4.90 Å². The van der Waals surface area contributed by atoms with Crippen molar-refractivity contribution in [1.29, 1.82) is 0 Å². The summed E-state index contributed by atoms with van der Waals surface area (Å²) in [5.74, 6) is -0.449. The second kappa shape index (κ2) is 4.45. The smallest absolute Gasteiger partial charge is 0.354 e. The number of hydrogen-bond acceptors (Lipinski definition) is 4. The van der Waals surface area contributed by atoms with Gasteiger partial charge in [-0.2, -0.15) is 0 Å². The minimum absolute atomic E-state index is 0.215. The highest BCUT2D eigenvalue weighted by molar-refractivity contribution is 7.90. The molecule has 1 aromatic carbocycles. The van der Waals surface area contributed by atoms with Crippen LogP contribution >= 0.6 is 0 Å². The molecule has 96 valence electrons. The van der Waals surface area contributed by atoms with Crippen LogP contribution in [0.4, 0.5) is 0 Å². The van der Waals surface area contributed by atoms with Crippen molar-refractivity contribution in [2.45, 2.75) is 11.8 Å². The van der Waals surface area contributed by atoms with E-state index in [1.54, 1.807) is 19.1 Å². The van der Waals surface area contributed by atoms with Gasteiger partial charge in [0.25, 0.3) is 0 Å². The lowest BCUT2D eigenvalue weighted by molar-refractivity contribution is 0.0520. The van der Waals surface area contributed by atoms with Crippen molar-refractivity contribution in [3.05, 3.63) is 30.0 Å². The van der Waals surface area contributed by atoms with Crippen molar-refractivity contribution in [3.8, 4) is 0 Å². The van der Waals surface area contributed by atoms with Gasteiger partial charge in [-0.25, -0.2) is 13.2 Å². The summed E-state index contributed by atoms with van der Waals surface area (Å²) < 4.78 is 27.7. The van der Waals surface area contributed by atoms with Gasteiger partial charge in [-0.05, 0) is 25.1 Å². The Bertz CT molecular complexity index is 700. The zero-order chi connectivity index (χ0) is 13.3. The van der Waals surface area contributed by atoms with Crippen molar-refractivity contribution >= 4 is 26.7 Å². The molecule has 0 aliphatic carbocycles. The molecule has 18 heavy (non-hydrogen) atoms. The van der Waals surface area contributed by atoms with Crippen LogP contribution in [0.15, 0.2) is 29.2 Å². The summed E-state index contributed by atoms with van der Waals surface area (Å²) >= 11 is 0. The number of ether oxygens (including phenoxy) is 1. The van der Waals surface area contributed by atoms with Crippen LogP contribution in [0.3, 0.4) is 0 Å². The Kier molecular flexibility index (Phi) is 3.13. The number of sulfone groups is 1. The van der Waals surface area contributed by atoms with Crippen LogP contribution < -0.4 is 0 Å². The molecule has 0 atom stereocenters. The molecule has 1 heterocycles. The predicted octanol–water partition coefficient (Wildman–Crippen LogP) is 1.75. The van der Waals surface area contributed by atoms with E-state index in [1.165, 1.54) is 12.1 Å². The number of aromatic nitrogens is 1. The monoisotopic (exact) mass is 267 g/mol. The van der Waals surface area contributed by atoms with Gasteiger partial charge < -0.3 is 9.72 Å². The first kappa shape index (κ1) is 12.6. The van der Waals surface area contributed by atoms with Crippen LogP contribution in [-0.4, -0.2) is 32.2 Å². The Hall–Kier alpha value is -1.82. The number of benzene rings is 1. The maximum Gasteiger partial charge on any atom is 0.354 e. The lowest BCUT2D eigenvalue weighted by atomic mass is 10.2. The predicted molar refractivity (Wildman–Crippen MR) is 67.4 cm³/mol. The number of carbonyl (C=O) groups excluding carboxylic acids is 1. The topological polar surface area (TPSA) is 76.2 Å². The summed E-state index contributed by atoms with van der Waals surface area (Å²) in [6.45, 7) is 2.02. The van der Waals surface area contributed by atoms with Gasteiger partial charge in [0.1, 0.15) is 5.69 Å². The van der Waals surface area contributed by atoms with Gasteiger partial charge >= 0.3 is 5.97 Å². The molecule has 2 rings (SSSR count). The molecule has 2 aromatic rings. The zero-order valence-electron chi connectivity index (χ0n) is 10.1. The molecule has 6 heteroatoms. The Morgan fingerprint density at radius 3 is 2.67 bits per heavy atom. The number of aromatic amines is 1. The van der Waals surface area contributed by atoms with Crippen LogP contribution in [0, 0.1) is 0 Å². The van der Waals surface area contributed by atoms with E-state index < -0.39 is 15.8 Å². The number of rotatable bonds is 3. The number of esters is 1. The van der Waals surface area contributed by atoms with Gasteiger partial charge in [0.15, 0.2) is 9.84 Å². The molecule has 0 aliphatic heterocycles. The first-order chi connectivity index (χ1) is 8.41. The summed E-state index contributed by atoms with van der Waals surface area (Å²) in [7, 11) is -3.25. The number of fused-ring (bicyclic) bond motifs is 1. The molecule has 0 unspecified atom stereocenters. The molecule has 1 N–H and O–H groups in total. The van der Waals surface area contributed by atoms with E-state index in [9.17, 15) is 13.2 Å². The number of hydrogen-bond donors (Lipinski definition) is 1. The third-order valence-electron chi connectivity index (χ3n) is 2.52. The average molecular weight is 267 g/mol. The molecule has 0 fully saturated rings. The highest BCUT2D eigenvalue weighted by Crippen LogP contribution is 2.20. The third-order valence-corrected chi connectivity index (χ3v) is 3.63. The third kappa shape index (κ3) is 2.38. The van der Waals surface area contributed by atoms with Crippen LogP contribution in [0.1, 0.15) is 17.4 Å². The molecule has 0 amide bonds. The molecule has 0 bridgehead atoms. The van der Waals surface area contributed by atoms with Crippen molar-refractivity contribution in [3.63, 3.8) is 0 Å². The average Bonchev–Trinajstić information content (AvgIpc) is 2.70. The minimum atomic E-state index is -3.25. The summed E-state index contributed by atoms with van der Waals surface area (Å²) in [6, 6.07) is 6.32. The van der Waals surface area contributed by atoms with Gasteiger partial charge in [0.05, 0.1) is 11.5 Å². The van der Waals surface area contributed by atoms with Crippen LogP contribution in [0.5, 0.6) is 0 Å². The van der Waals surface area contributed by atoms with Crippen LogP contribution in [0.25, 0.3) is 10.9 Å². The Balaban J connectivity index is 2.49. The lowest BCUT2D eigenvalue weighted by Crippen LogP contribution is -2.04. The number of carbonyl (C=O) groups is 1. The highest BCUT2D eigenvalue weighted by atomic mass is 32.2. The Morgan fingerprint density at radius 1 is 1.33 bits per heavy atom. The highest BCUT2D eigenvalue weighted by Gasteiger charge is 2.13. The molecule has 0 saturated carbocycles. The fraction of sp³-hybridized carbons (Fsp3) is 0.250. The van der Waals surface area contributed by atoms with Crippen LogP contribution in [0.2, 0.25) is 0 Å². The fourth-order valence-corrected chi connectivity index (χ4v) is 2.30. The largest absolute Gasteiger partial charge is 0.461 e. The quantitative estimate of drug-likeness (QED) is 0.859. The molecular formula is C12H13NO4S. The van der Waals surface area contributed by atoms with Crippen molar-refractivity contribution in [2.75, 3.05) is 12.9 Å². The van der Waals surface area contributed by atoms with E-state index in [0.717, 1.165) is 11.6 Å². The molecule has 0 radical (unpaired) electrons. The first-order valence-corrected chi connectivity index (χ1v) is 7.31. The number of H-pyrrole nitrogens is 1. The van der Waals surface area contributed by atoms with E-state index in [4.69, 9.17) is 4.74 Å². The summed E-state index contributed by atoms with van der Waals surface area (Å²) in [5, 5.41) is 0.769. The molecule has 0 saturated heterocycles. The normalized spacial score (nSPS) is 11.7. The first-order valence-electron chi connectivity index (χ1n) is 5.42. The molecule has 0 spiro atoms. The van der Waals surface area contributed by atoms with Crippen molar-refractivity contribution in [1.82, 2.24) is 4.98 Å². The lowest BCUT2D eigenvalue weighted by Gasteiger charge is -1.98. The van der Waals surface area contributed by atoms with Crippen LogP contribution in [-0.2, 0) is 14.6 Å². The minimum Gasteiger partial charge on any atom is -0.461 e. The van der Waals surface area contributed by atoms with E-state index in [2.05, 4.69) is 4.98 Å². The van der Waals surface area contributed by atoms with Gasteiger partial charge in [-0.3, -0.25) is 0 Å². The second-order valence-corrected chi connectivity index (χ2v) is 5.94. The fourth-order valence-electron chi connectivity index (χ4n) is 1.66. The molecule has 0 aliphatic rings. The maximum absolute atomic E-state index is 11.5. The van der Waals surface area contributed by atoms with Crippen molar-refractivity contribution in [2.24, 2.45) is 0 Å². The molecular weight excluding hydrogens is 254 g/mol. The van der Waals surface area contributed by atoms with Gasteiger partial charge in [0.2, 0.25) is 0 Å². The summed E-state index contributed by atoms with van der Waals surface area (Å²) in [4.78, 5) is 14.6. The zero-order valence-corrected chi connectivity index (χ0v) is 10.9. The Labute approximate surface area is 105 Å². The standard InChI is InChI=1S/C12H13NO4S/c1-3-17-12(14)11-6-8-4-5-9(18(2,15)16)7-10(8)13-11/h4-7,13H,3H2,1-2H3. The van der Waals surface area contributed by atoms with Gasteiger partial charge in [-0.15, -0.1) is 0 Å². The maximum atomic E-state index is 11.5. The Morgan fingerprint density at radius 2 is 2.06 bits per heavy atom. The molecule has 5 nitrogen and oxygen atoms in total. The van der Waals surface area contributed by atoms with Gasteiger partial charge in [0, 0.05) is 17.2 Å². The van der Waals surface area contributed by atoms with E-state index in [0.29, 0.717) is 17.8 Å². The summed E-state index contributed by atoms with van der Waals surface area (Å²) in [5.41, 5.74) is 0.915. The van der Waals surface area contributed by atoms with Gasteiger partial charge in [-0.1, -0.05) is 6.07 Å². The van der Waals surface area contributed by atoms with Crippen molar-refractivity contribution < 1.29 is 17.9 Å². The number of nitrogens with one attached hydrogen (secondary N) is 1. The second-order valence-electron chi connectivity index (χ2n) is 3.92.